The number of alkyl halides is 1. The Bertz CT molecular complexity index is 265. The summed E-state index contributed by atoms with van der Waals surface area (Å²) in [4.78, 5) is 0. The van der Waals surface area contributed by atoms with Gasteiger partial charge in [-0.05, 0) is 12.1 Å². The summed E-state index contributed by atoms with van der Waals surface area (Å²) in [7, 11) is 0. The Kier molecular flexibility index (Phi) is 2.74. The van der Waals surface area contributed by atoms with E-state index in [1.54, 1.807) is 6.07 Å². The molecule has 4 heteroatoms. The molecule has 0 unspecified atom stereocenters. The fourth-order valence-corrected chi connectivity index (χ4v) is 0.770. The molecule has 0 aromatic heterocycles. The monoisotopic (exact) mass is 171 g/mol. The third-order valence-corrected chi connectivity index (χ3v) is 1.35. The molecule has 0 amide bonds. The van der Waals surface area contributed by atoms with Gasteiger partial charge in [0, 0.05) is 6.07 Å². The van der Waals surface area contributed by atoms with Gasteiger partial charge in [-0.3, -0.25) is 0 Å². The minimum Gasteiger partial charge on any atom is -0.506 e. The molecule has 0 heterocycles. The normalized spacial score (nSPS) is 9.75. The lowest BCUT2D eigenvalue weighted by molar-refractivity contribution is 0.272. The molecular formula is C8H10FNO2. The van der Waals surface area contributed by atoms with Crippen molar-refractivity contribution < 1.29 is 14.2 Å². The van der Waals surface area contributed by atoms with Crippen LogP contribution in [0.25, 0.3) is 0 Å². The minimum absolute atomic E-state index is 0.0106. The van der Waals surface area contributed by atoms with Crippen LogP contribution < -0.4 is 10.5 Å². The van der Waals surface area contributed by atoms with Crippen LogP contribution in [0.15, 0.2) is 18.2 Å². The molecule has 0 fully saturated rings. The maximum Gasteiger partial charge on any atom is 0.142 e. The second-order valence-corrected chi connectivity index (χ2v) is 2.26. The lowest BCUT2D eigenvalue weighted by Gasteiger charge is -2.04. The third kappa shape index (κ3) is 2.02. The molecule has 0 aliphatic rings. The molecule has 12 heavy (non-hydrogen) atoms. The first-order valence-electron chi connectivity index (χ1n) is 3.51. The highest BCUT2D eigenvalue weighted by Gasteiger charge is 1.98. The fourth-order valence-electron chi connectivity index (χ4n) is 0.770. The first-order valence-corrected chi connectivity index (χ1v) is 3.51. The van der Waals surface area contributed by atoms with Crippen LogP contribution in [0.4, 0.5) is 10.1 Å². The van der Waals surface area contributed by atoms with Gasteiger partial charge in [0.05, 0.1) is 5.69 Å². The Morgan fingerprint density at radius 3 is 2.83 bits per heavy atom. The molecule has 0 bridgehead atoms. The van der Waals surface area contributed by atoms with E-state index in [1.165, 1.54) is 12.1 Å². The van der Waals surface area contributed by atoms with Crippen molar-refractivity contribution in [1.29, 1.82) is 0 Å². The molecule has 1 rings (SSSR count). The number of rotatable bonds is 3. The van der Waals surface area contributed by atoms with Crippen LogP contribution in [0.3, 0.4) is 0 Å². The van der Waals surface area contributed by atoms with Crippen molar-refractivity contribution in [1.82, 2.24) is 0 Å². The third-order valence-electron chi connectivity index (χ3n) is 1.35. The summed E-state index contributed by atoms with van der Waals surface area (Å²) >= 11 is 0. The Morgan fingerprint density at radius 2 is 2.25 bits per heavy atom. The first-order chi connectivity index (χ1) is 5.74. The maximum absolute atomic E-state index is 11.6. The molecule has 66 valence electrons. The second kappa shape index (κ2) is 3.80. The topological polar surface area (TPSA) is 55.5 Å². The zero-order valence-corrected chi connectivity index (χ0v) is 6.46. The smallest absolute Gasteiger partial charge is 0.142 e. The van der Waals surface area contributed by atoms with Crippen molar-refractivity contribution in [3.05, 3.63) is 18.2 Å². The number of halogens is 1. The Labute approximate surface area is 69.6 Å². The summed E-state index contributed by atoms with van der Waals surface area (Å²) in [5, 5.41) is 9.10. The number of nitrogens with two attached hydrogens (primary N) is 1. The second-order valence-electron chi connectivity index (χ2n) is 2.26. The lowest BCUT2D eigenvalue weighted by atomic mass is 10.3. The summed E-state index contributed by atoms with van der Waals surface area (Å²) in [5.74, 6) is 0.366. The molecule has 1 aromatic rings. The predicted molar refractivity (Wildman–Crippen MR) is 44.0 cm³/mol. The van der Waals surface area contributed by atoms with Crippen molar-refractivity contribution in [3.63, 3.8) is 0 Å². The minimum atomic E-state index is -0.550. The number of phenolic OH excluding ortho intramolecular Hbond substituents is 1. The SMILES string of the molecule is Nc1ccc(OCCF)cc1O. The number of nitrogen functional groups attached to an aromatic ring is 1. The molecule has 3 N–H and O–H groups in total. The summed E-state index contributed by atoms with van der Waals surface area (Å²) in [5.41, 5.74) is 5.62. The maximum atomic E-state index is 11.6. The number of hydrogen-bond donors (Lipinski definition) is 2. The predicted octanol–water partition coefficient (Wildman–Crippen LogP) is 1.32. The molecule has 0 spiro atoms. The van der Waals surface area contributed by atoms with Gasteiger partial charge in [-0.1, -0.05) is 0 Å². The highest BCUT2D eigenvalue weighted by molar-refractivity contribution is 5.54. The van der Waals surface area contributed by atoms with Crippen molar-refractivity contribution in [2.75, 3.05) is 19.0 Å². The first kappa shape index (κ1) is 8.64. The summed E-state index contributed by atoms with van der Waals surface area (Å²) in [6.45, 7) is -0.561. The van der Waals surface area contributed by atoms with Crippen molar-refractivity contribution in [2.45, 2.75) is 0 Å². The number of aromatic hydroxyl groups is 1. The zero-order valence-electron chi connectivity index (χ0n) is 6.46. The van der Waals surface area contributed by atoms with E-state index in [1.807, 2.05) is 0 Å². The van der Waals surface area contributed by atoms with Crippen LogP contribution in [0.1, 0.15) is 0 Å². The van der Waals surface area contributed by atoms with Crippen molar-refractivity contribution in [2.24, 2.45) is 0 Å². The van der Waals surface area contributed by atoms with Gasteiger partial charge in [0.25, 0.3) is 0 Å². The number of anilines is 1. The molecule has 0 saturated heterocycles. The molecule has 0 saturated carbocycles. The number of hydrogen-bond acceptors (Lipinski definition) is 3. The quantitative estimate of drug-likeness (QED) is 0.532. The van der Waals surface area contributed by atoms with Crippen LogP contribution in [-0.4, -0.2) is 18.4 Å². The Morgan fingerprint density at radius 1 is 1.50 bits per heavy atom. The van der Waals surface area contributed by atoms with E-state index in [2.05, 4.69) is 0 Å². The van der Waals surface area contributed by atoms with Gasteiger partial charge in [0.15, 0.2) is 0 Å². The van der Waals surface area contributed by atoms with Gasteiger partial charge in [0.1, 0.15) is 24.8 Å². The van der Waals surface area contributed by atoms with Crippen LogP contribution in [0, 0.1) is 0 Å². The van der Waals surface area contributed by atoms with Gasteiger partial charge < -0.3 is 15.6 Å². The highest BCUT2D eigenvalue weighted by atomic mass is 19.1. The summed E-state index contributed by atoms with van der Waals surface area (Å²) in [6.07, 6.45) is 0. The molecule has 1 aromatic carbocycles. The van der Waals surface area contributed by atoms with Crippen LogP contribution in [0.2, 0.25) is 0 Å². The number of benzene rings is 1. The molecule has 0 radical (unpaired) electrons. The van der Waals surface area contributed by atoms with E-state index >= 15 is 0 Å². The summed E-state index contributed by atoms with van der Waals surface area (Å²) in [6, 6.07) is 4.43. The van der Waals surface area contributed by atoms with E-state index in [-0.39, 0.29) is 18.0 Å². The van der Waals surface area contributed by atoms with E-state index in [9.17, 15) is 4.39 Å². The average Bonchev–Trinajstić information content (AvgIpc) is 2.07. The average molecular weight is 171 g/mol. The van der Waals surface area contributed by atoms with Gasteiger partial charge >= 0.3 is 0 Å². The van der Waals surface area contributed by atoms with E-state index < -0.39 is 6.67 Å². The van der Waals surface area contributed by atoms with Gasteiger partial charge in [0.2, 0.25) is 0 Å². The Balaban J connectivity index is 2.69. The molecule has 0 atom stereocenters. The van der Waals surface area contributed by atoms with Crippen LogP contribution in [0.5, 0.6) is 11.5 Å². The molecule has 0 aliphatic carbocycles. The van der Waals surface area contributed by atoms with Gasteiger partial charge in [-0.25, -0.2) is 4.39 Å². The number of phenols is 1. The zero-order chi connectivity index (χ0) is 8.97. The van der Waals surface area contributed by atoms with Gasteiger partial charge in [-0.15, -0.1) is 0 Å². The number of ether oxygens (including phenoxy) is 1. The standard InChI is InChI=1S/C8H10FNO2/c9-3-4-12-6-1-2-7(10)8(11)5-6/h1-2,5,11H,3-4,10H2. The molecule has 3 nitrogen and oxygen atoms in total. The van der Waals surface area contributed by atoms with Crippen molar-refractivity contribution >= 4 is 5.69 Å². The van der Waals surface area contributed by atoms with E-state index in [0.717, 1.165) is 0 Å². The van der Waals surface area contributed by atoms with Crippen molar-refractivity contribution in [3.8, 4) is 11.5 Å². The van der Waals surface area contributed by atoms with Gasteiger partial charge in [-0.2, -0.15) is 0 Å². The lowest BCUT2D eigenvalue weighted by Crippen LogP contribution is -1.98. The molecule has 0 aliphatic heterocycles. The highest BCUT2D eigenvalue weighted by Crippen LogP contribution is 2.24. The van der Waals surface area contributed by atoms with Crippen LogP contribution in [-0.2, 0) is 0 Å². The van der Waals surface area contributed by atoms with E-state index in [4.69, 9.17) is 15.6 Å². The van der Waals surface area contributed by atoms with E-state index in [0.29, 0.717) is 5.75 Å². The largest absolute Gasteiger partial charge is 0.506 e. The molecular weight excluding hydrogens is 161 g/mol. The fraction of sp³-hybridized carbons (Fsp3) is 0.250. The Hall–Kier alpha value is -1.45. The van der Waals surface area contributed by atoms with Crippen LogP contribution >= 0.6 is 0 Å². The summed E-state index contributed by atoms with van der Waals surface area (Å²) < 4.78 is 16.5.